The molecule has 196 valence electrons. The van der Waals surface area contributed by atoms with E-state index in [1.807, 2.05) is 67.3 Å². The maximum Gasteiger partial charge on any atom is 0.321 e. The number of benzene rings is 2. The Kier molecular flexibility index (Phi) is 7.09. The number of amides is 4. The molecule has 3 fully saturated rings. The molecule has 8 nitrogen and oxygen atoms in total. The maximum atomic E-state index is 13.9. The summed E-state index contributed by atoms with van der Waals surface area (Å²) in [7, 11) is 0. The Labute approximate surface area is 219 Å². The van der Waals surface area contributed by atoms with Gasteiger partial charge in [0.15, 0.2) is 0 Å². The number of aryl methyl sites for hydroxylation is 2. The SMILES string of the molecule is Cc1cccc(C)c1NC(=O)N1CCC2(CC1)C(=O)N(CC(=O)N1CCCCC1)CN2c1ccccc1. The lowest BCUT2D eigenvalue weighted by molar-refractivity contribution is -0.141. The van der Waals surface area contributed by atoms with E-state index in [0.29, 0.717) is 32.6 Å². The van der Waals surface area contributed by atoms with Crippen LogP contribution in [0.2, 0.25) is 0 Å². The van der Waals surface area contributed by atoms with Crippen molar-refractivity contribution in [1.82, 2.24) is 14.7 Å². The standard InChI is InChI=1S/C29H37N5O3/c1-22-10-9-11-23(2)26(22)30-28(37)32-18-14-29(15-19-32)27(36)33(20-25(35)31-16-7-4-8-17-31)21-34(29)24-12-5-3-6-13-24/h3,5-6,9-13H,4,7-8,14-21H2,1-2H3,(H,30,37). The van der Waals surface area contributed by atoms with Gasteiger partial charge in [0.25, 0.3) is 5.91 Å². The van der Waals surface area contributed by atoms with Crippen LogP contribution < -0.4 is 10.2 Å². The molecular formula is C29H37N5O3. The van der Waals surface area contributed by atoms with Crippen LogP contribution in [0.4, 0.5) is 16.2 Å². The van der Waals surface area contributed by atoms with Gasteiger partial charge >= 0.3 is 6.03 Å². The maximum absolute atomic E-state index is 13.9. The number of likely N-dealkylation sites (tertiary alicyclic amines) is 2. The summed E-state index contributed by atoms with van der Waals surface area (Å²) < 4.78 is 0. The van der Waals surface area contributed by atoms with Crippen LogP contribution in [0.15, 0.2) is 48.5 Å². The third-order valence-corrected chi connectivity index (χ3v) is 8.21. The van der Waals surface area contributed by atoms with E-state index in [1.54, 1.807) is 9.80 Å². The molecule has 1 N–H and O–H groups in total. The number of hydrogen-bond acceptors (Lipinski definition) is 4. The summed E-state index contributed by atoms with van der Waals surface area (Å²) in [5.41, 5.74) is 3.11. The molecule has 3 aliphatic heterocycles. The number of anilines is 2. The van der Waals surface area contributed by atoms with Crippen molar-refractivity contribution in [2.24, 2.45) is 0 Å². The van der Waals surface area contributed by atoms with Crippen LogP contribution in [-0.4, -0.2) is 77.5 Å². The first kappa shape index (κ1) is 25.1. The van der Waals surface area contributed by atoms with Crippen molar-refractivity contribution in [3.8, 4) is 0 Å². The summed E-state index contributed by atoms with van der Waals surface area (Å²) in [5.74, 6) is 0.0278. The van der Waals surface area contributed by atoms with E-state index < -0.39 is 5.54 Å². The monoisotopic (exact) mass is 503 g/mol. The third-order valence-electron chi connectivity index (χ3n) is 8.21. The predicted molar refractivity (Wildman–Crippen MR) is 144 cm³/mol. The Morgan fingerprint density at radius 2 is 1.49 bits per heavy atom. The first-order valence-corrected chi connectivity index (χ1v) is 13.4. The van der Waals surface area contributed by atoms with Crippen molar-refractivity contribution in [1.29, 1.82) is 0 Å². The van der Waals surface area contributed by atoms with E-state index in [1.165, 1.54) is 0 Å². The van der Waals surface area contributed by atoms with Crippen LogP contribution in [0.1, 0.15) is 43.2 Å². The smallest absolute Gasteiger partial charge is 0.321 e. The second kappa shape index (κ2) is 10.4. The number of carbonyl (C=O) groups excluding carboxylic acids is 3. The van der Waals surface area contributed by atoms with Gasteiger partial charge in [-0.2, -0.15) is 0 Å². The van der Waals surface area contributed by atoms with Gasteiger partial charge < -0.3 is 24.9 Å². The highest BCUT2D eigenvalue weighted by molar-refractivity contribution is 5.97. The van der Waals surface area contributed by atoms with Gasteiger partial charge in [0.1, 0.15) is 12.1 Å². The second-order valence-corrected chi connectivity index (χ2v) is 10.6. The lowest BCUT2D eigenvalue weighted by atomic mass is 9.85. The molecule has 0 atom stereocenters. The largest absolute Gasteiger partial charge is 0.341 e. The number of nitrogens with zero attached hydrogens (tertiary/aromatic N) is 4. The second-order valence-electron chi connectivity index (χ2n) is 10.6. The minimum atomic E-state index is -0.751. The van der Waals surface area contributed by atoms with Gasteiger partial charge in [-0.25, -0.2) is 4.79 Å². The summed E-state index contributed by atoms with van der Waals surface area (Å²) in [5, 5.41) is 3.08. The van der Waals surface area contributed by atoms with E-state index in [4.69, 9.17) is 0 Å². The van der Waals surface area contributed by atoms with Gasteiger partial charge in [0.2, 0.25) is 5.91 Å². The number of urea groups is 1. The first-order chi connectivity index (χ1) is 17.9. The molecule has 0 unspecified atom stereocenters. The molecular weight excluding hydrogens is 466 g/mol. The molecule has 0 bridgehead atoms. The molecule has 0 saturated carbocycles. The molecule has 3 aliphatic rings. The summed E-state index contributed by atoms with van der Waals surface area (Å²) in [6.45, 7) is 6.97. The minimum absolute atomic E-state index is 0.00322. The molecule has 8 heteroatoms. The summed E-state index contributed by atoms with van der Waals surface area (Å²) >= 11 is 0. The van der Waals surface area contributed by atoms with Gasteiger partial charge in [0.05, 0.1) is 6.67 Å². The highest BCUT2D eigenvalue weighted by atomic mass is 16.2. The molecule has 0 radical (unpaired) electrons. The molecule has 37 heavy (non-hydrogen) atoms. The fraction of sp³-hybridized carbons (Fsp3) is 0.483. The number of rotatable bonds is 4. The zero-order valence-electron chi connectivity index (χ0n) is 21.9. The van der Waals surface area contributed by atoms with Gasteiger partial charge in [-0.05, 0) is 69.2 Å². The normalized spacial score (nSPS) is 19.5. The lowest BCUT2D eigenvalue weighted by Crippen LogP contribution is -2.58. The van der Waals surface area contributed by atoms with Crippen LogP contribution in [0.3, 0.4) is 0 Å². The van der Waals surface area contributed by atoms with Crippen LogP contribution >= 0.6 is 0 Å². The van der Waals surface area contributed by atoms with Crippen LogP contribution in [0, 0.1) is 13.8 Å². The summed E-state index contributed by atoms with van der Waals surface area (Å²) in [4.78, 5) is 47.7. The molecule has 3 heterocycles. The topological polar surface area (TPSA) is 76.2 Å². The highest BCUT2D eigenvalue weighted by Crippen LogP contribution is 2.39. The third kappa shape index (κ3) is 4.89. The number of para-hydroxylation sites is 2. The molecule has 2 aromatic carbocycles. The van der Waals surface area contributed by atoms with Crippen molar-refractivity contribution in [2.75, 3.05) is 49.6 Å². The average molecular weight is 504 g/mol. The van der Waals surface area contributed by atoms with Crippen LogP contribution in [-0.2, 0) is 9.59 Å². The number of carbonyl (C=O) groups is 3. The zero-order valence-corrected chi connectivity index (χ0v) is 21.9. The molecule has 4 amide bonds. The Bertz CT molecular complexity index is 1130. The van der Waals surface area contributed by atoms with E-state index in [9.17, 15) is 14.4 Å². The van der Waals surface area contributed by atoms with E-state index >= 15 is 0 Å². The molecule has 3 saturated heterocycles. The van der Waals surface area contributed by atoms with Crippen molar-refractivity contribution >= 4 is 29.2 Å². The number of nitrogens with one attached hydrogen (secondary N) is 1. The lowest BCUT2D eigenvalue weighted by Gasteiger charge is -2.43. The molecule has 0 aromatic heterocycles. The Morgan fingerprint density at radius 1 is 0.838 bits per heavy atom. The average Bonchev–Trinajstić information content (AvgIpc) is 3.18. The first-order valence-electron chi connectivity index (χ1n) is 13.4. The van der Waals surface area contributed by atoms with Crippen molar-refractivity contribution < 1.29 is 14.4 Å². The molecule has 1 spiro atoms. The van der Waals surface area contributed by atoms with Gasteiger partial charge in [-0.1, -0.05) is 36.4 Å². The highest BCUT2D eigenvalue weighted by Gasteiger charge is 2.54. The van der Waals surface area contributed by atoms with Gasteiger partial charge in [0, 0.05) is 37.6 Å². The van der Waals surface area contributed by atoms with E-state index in [0.717, 1.165) is 54.9 Å². The van der Waals surface area contributed by atoms with E-state index in [-0.39, 0.29) is 24.4 Å². The fourth-order valence-corrected chi connectivity index (χ4v) is 6.01. The Hall–Kier alpha value is -3.55. The predicted octanol–water partition coefficient (Wildman–Crippen LogP) is 3.99. The molecule has 5 rings (SSSR count). The van der Waals surface area contributed by atoms with Crippen LogP contribution in [0.5, 0.6) is 0 Å². The zero-order chi connectivity index (χ0) is 26.0. The Morgan fingerprint density at radius 3 is 2.14 bits per heavy atom. The minimum Gasteiger partial charge on any atom is -0.341 e. The van der Waals surface area contributed by atoms with Gasteiger partial charge in [-0.15, -0.1) is 0 Å². The van der Waals surface area contributed by atoms with Crippen molar-refractivity contribution in [2.45, 2.75) is 51.5 Å². The Balaban J connectivity index is 1.32. The van der Waals surface area contributed by atoms with Crippen molar-refractivity contribution in [3.63, 3.8) is 0 Å². The quantitative estimate of drug-likeness (QED) is 0.685. The fourth-order valence-electron chi connectivity index (χ4n) is 6.01. The van der Waals surface area contributed by atoms with Crippen molar-refractivity contribution in [3.05, 3.63) is 59.7 Å². The number of piperidine rings is 2. The summed E-state index contributed by atoms with van der Waals surface area (Å²) in [6, 6.07) is 15.8. The van der Waals surface area contributed by atoms with Crippen LogP contribution in [0.25, 0.3) is 0 Å². The molecule has 0 aliphatic carbocycles. The number of hydrogen-bond donors (Lipinski definition) is 1. The van der Waals surface area contributed by atoms with E-state index in [2.05, 4.69) is 10.2 Å². The summed E-state index contributed by atoms with van der Waals surface area (Å²) in [6.07, 6.45) is 4.26. The van der Waals surface area contributed by atoms with Gasteiger partial charge in [-0.3, -0.25) is 9.59 Å². The molecule has 2 aromatic rings.